The molecule has 44 heavy (non-hydrogen) atoms. The number of rotatable bonds is 9. The molecule has 1 aliphatic heterocycles. The third-order valence-corrected chi connectivity index (χ3v) is 8.27. The number of amides is 2. The third-order valence-electron chi connectivity index (χ3n) is 8.27. The fourth-order valence-electron chi connectivity index (χ4n) is 6.36. The van der Waals surface area contributed by atoms with Gasteiger partial charge in [-0.3, -0.25) is 9.59 Å². The van der Waals surface area contributed by atoms with E-state index < -0.39 is 71.4 Å². The van der Waals surface area contributed by atoms with E-state index in [1.807, 2.05) is 19.1 Å². The summed E-state index contributed by atoms with van der Waals surface area (Å²) in [6, 6.07) is 7.24. The number of hydrogen-bond acceptors (Lipinski definition) is 5. The van der Waals surface area contributed by atoms with Gasteiger partial charge in [0.1, 0.15) is 5.75 Å². The Morgan fingerprint density at radius 2 is 1.64 bits per heavy atom. The fraction of sp³-hybridized carbons (Fsp3) is 0.438. The molecule has 4 rings (SSSR count). The first-order chi connectivity index (χ1) is 20.6. The number of allylic oxidation sites excluding steroid dienone is 2. The van der Waals surface area contributed by atoms with Gasteiger partial charge in [-0.25, -0.2) is 4.90 Å². The van der Waals surface area contributed by atoms with Crippen LogP contribution in [0.25, 0.3) is 6.08 Å². The largest absolute Gasteiger partial charge is 0.508 e. The number of anilines is 1. The van der Waals surface area contributed by atoms with Crippen LogP contribution in [0.1, 0.15) is 62.6 Å². The summed E-state index contributed by atoms with van der Waals surface area (Å²) in [4.78, 5) is 27.3. The highest BCUT2D eigenvalue weighted by molar-refractivity contribution is 6.22. The molecule has 0 unspecified atom stereocenters. The number of aromatic hydroxyl groups is 1. The molecular formula is C32H33F6NO5. The van der Waals surface area contributed by atoms with Gasteiger partial charge in [-0.15, -0.1) is 0 Å². The molecule has 238 valence electrons. The zero-order chi connectivity index (χ0) is 32.6. The molecule has 2 aliphatic rings. The van der Waals surface area contributed by atoms with Crippen LogP contribution in [0.4, 0.5) is 32.0 Å². The summed E-state index contributed by atoms with van der Waals surface area (Å²) in [6.45, 7) is 2.94. The zero-order valence-electron chi connectivity index (χ0n) is 24.0. The number of halogens is 6. The van der Waals surface area contributed by atoms with E-state index in [1.54, 1.807) is 25.1 Å². The summed E-state index contributed by atoms with van der Waals surface area (Å²) in [5.41, 5.74) is -1.57. The first kappa shape index (κ1) is 33.3. The van der Waals surface area contributed by atoms with E-state index >= 15 is 0 Å². The van der Waals surface area contributed by atoms with Crippen molar-refractivity contribution in [3.05, 3.63) is 75.9 Å². The second kappa shape index (κ2) is 12.8. The van der Waals surface area contributed by atoms with E-state index in [9.17, 15) is 51.3 Å². The van der Waals surface area contributed by atoms with Gasteiger partial charge < -0.3 is 15.3 Å². The standard InChI is InChI=1S/C32H33F6NO5/c1-3-5-18(11-19-6-4-7-23(41)12-19)8-9-26(42)27-17(2)10-24-28(25(27)16-40)30(44)39(29(24)43)22-14-20(31(33,34)35)13-21(15-22)32(36,37)38/h4,6-7,11-15,24-26,28,40-42H,3,5,8-10,16H2,1-2H3/b18-11+/t24-,25+,26-,28-/m1/s1. The van der Waals surface area contributed by atoms with E-state index in [1.165, 1.54) is 0 Å². The van der Waals surface area contributed by atoms with E-state index in [4.69, 9.17) is 0 Å². The molecular weight excluding hydrogens is 592 g/mol. The third kappa shape index (κ3) is 6.86. The highest BCUT2D eigenvalue weighted by Gasteiger charge is 2.55. The van der Waals surface area contributed by atoms with Crippen molar-refractivity contribution in [2.24, 2.45) is 17.8 Å². The molecule has 6 nitrogen and oxygen atoms in total. The van der Waals surface area contributed by atoms with E-state index in [0.29, 0.717) is 41.0 Å². The predicted octanol–water partition coefficient (Wildman–Crippen LogP) is 6.89. The number of fused-ring (bicyclic) bond motifs is 1. The number of aliphatic hydroxyl groups is 2. The maximum atomic E-state index is 13.6. The van der Waals surface area contributed by atoms with E-state index in [0.717, 1.165) is 17.6 Å². The summed E-state index contributed by atoms with van der Waals surface area (Å²) < 4.78 is 81.0. The van der Waals surface area contributed by atoms with Crippen LogP contribution in [0, 0.1) is 17.8 Å². The van der Waals surface area contributed by atoms with Gasteiger partial charge in [-0.2, -0.15) is 26.3 Å². The Morgan fingerprint density at radius 1 is 1.00 bits per heavy atom. The molecule has 1 saturated heterocycles. The average Bonchev–Trinajstić information content (AvgIpc) is 3.18. The monoisotopic (exact) mass is 625 g/mol. The quantitative estimate of drug-likeness (QED) is 0.160. The van der Waals surface area contributed by atoms with Crippen molar-refractivity contribution in [1.82, 2.24) is 0 Å². The van der Waals surface area contributed by atoms with Gasteiger partial charge in [-0.05, 0) is 74.1 Å². The average molecular weight is 626 g/mol. The van der Waals surface area contributed by atoms with Crippen molar-refractivity contribution in [3.63, 3.8) is 0 Å². The number of carbonyl (C=O) groups is 2. The summed E-state index contributed by atoms with van der Waals surface area (Å²) >= 11 is 0. The molecule has 0 spiro atoms. The molecule has 0 saturated carbocycles. The second-order valence-electron chi connectivity index (χ2n) is 11.3. The Morgan fingerprint density at radius 3 is 2.18 bits per heavy atom. The van der Waals surface area contributed by atoms with Crippen LogP contribution in [-0.2, 0) is 21.9 Å². The number of imide groups is 1. The van der Waals surface area contributed by atoms with Crippen LogP contribution >= 0.6 is 0 Å². The summed E-state index contributed by atoms with van der Waals surface area (Å²) in [5, 5.41) is 31.4. The summed E-state index contributed by atoms with van der Waals surface area (Å²) in [7, 11) is 0. The van der Waals surface area contributed by atoms with Gasteiger partial charge in [0.05, 0.1) is 41.4 Å². The number of hydrogen-bond donors (Lipinski definition) is 3. The molecule has 4 atom stereocenters. The van der Waals surface area contributed by atoms with Gasteiger partial charge in [0.2, 0.25) is 11.8 Å². The van der Waals surface area contributed by atoms with Crippen LogP contribution in [0.3, 0.4) is 0 Å². The lowest BCUT2D eigenvalue weighted by Crippen LogP contribution is -2.38. The van der Waals surface area contributed by atoms with Gasteiger partial charge >= 0.3 is 12.4 Å². The minimum atomic E-state index is -5.18. The Balaban J connectivity index is 1.63. The fourth-order valence-corrected chi connectivity index (χ4v) is 6.36. The predicted molar refractivity (Wildman–Crippen MR) is 150 cm³/mol. The van der Waals surface area contributed by atoms with Crippen molar-refractivity contribution in [1.29, 1.82) is 0 Å². The van der Waals surface area contributed by atoms with Crippen molar-refractivity contribution in [2.45, 2.75) is 64.4 Å². The molecule has 3 N–H and O–H groups in total. The molecule has 2 amide bonds. The normalized spacial score (nSPS) is 22.1. The number of phenolic OH excluding ortho intramolecular Hbond substituents is 1. The van der Waals surface area contributed by atoms with Crippen LogP contribution in [-0.4, -0.2) is 39.8 Å². The Kier molecular flexibility index (Phi) is 9.65. The minimum Gasteiger partial charge on any atom is -0.508 e. The van der Waals surface area contributed by atoms with Crippen molar-refractivity contribution < 1.29 is 51.3 Å². The van der Waals surface area contributed by atoms with Crippen LogP contribution in [0.2, 0.25) is 0 Å². The first-order valence-electron chi connectivity index (χ1n) is 14.2. The number of phenols is 1. The number of benzene rings is 2. The molecule has 0 aromatic heterocycles. The molecule has 1 fully saturated rings. The summed E-state index contributed by atoms with van der Waals surface area (Å²) in [5.74, 6) is -5.36. The smallest absolute Gasteiger partial charge is 0.416 e. The van der Waals surface area contributed by atoms with Crippen molar-refractivity contribution in [2.75, 3.05) is 11.5 Å². The molecule has 2 aromatic carbocycles. The lowest BCUT2D eigenvalue weighted by Gasteiger charge is -2.35. The Labute approximate surface area is 250 Å². The second-order valence-corrected chi connectivity index (χ2v) is 11.3. The van der Waals surface area contributed by atoms with E-state index in [-0.39, 0.29) is 24.7 Å². The molecule has 2 aromatic rings. The van der Waals surface area contributed by atoms with E-state index in [2.05, 4.69) is 0 Å². The van der Waals surface area contributed by atoms with Crippen LogP contribution in [0.15, 0.2) is 59.2 Å². The SMILES string of the molecule is CCC/C(=C\c1cccc(O)c1)CC[C@@H](O)C1=C(C)C[C@H]2C(=O)N(c3cc(C(F)(F)F)cc(C(F)(F)F)c3)C(=O)[C@H]2[C@H]1CO. The molecule has 0 bridgehead atoms. The number of nitrogens with zero attached hydrogens (tertiary/aromatic N) is 1. The highest BCUT2D eigenvalue weighted by Crippen LogP contribution is 2.48. The topological polar surface area (TPSA) is 98.1 Å². The molecule has 1 aliphatic carbocycles. The molecule has 12 heteroatoms. The number of aliphatic hydroxyl groups excluding tert-OH is 2. The van der Waals surface area contributed by atoms with Crippen molar-refractivity contribution in [3.8, 4) is 5.75 Å². The first-order valence-corrected chi connectivity index (χ1v) is 14.2. The number of alkyl halides is 6. The van der Waals surface area contributed by atoms with Gasteiger partial charge in [0, 0.05) is 5.92 Å². The lowest BCUT2D eigenvalue weighted by molar-refractivity contribution is -0.143. The Hall–Kier alpha value is -3.64. The number of carbonyl (C=O) groups excluding carboxylic acids is 2. The zero-order valence-corrected chi connectivity index (χ0v) is 24.0. The van der Waals surface area contributed by atoms with Crippen LogP contribution in [0.5, 0.6) is 5.75 Å². The molecule has 1 heterocycles. The molecule has 0 radical (unpaired) electrons. The summed E-state index contributed by atoms with van der Waals surface area (Å²) in [6.07, 6.45) is -7.51. The minimum absolute atomic E-state index is 0.0549. The highest BCUT2D eigenvalue weighted by atomic mass is 19.4. The van der Waals surface area contributed by atoms with Crippen LogP contribution < -0.4 is 4.90 Å². The van der Waals surface area contributed by atoms with Crippen molar-refractivity contribution >= 4 is 23.6 Å². The van der Waals surface area contributed by atoms with Gasteiger partial charge in [0.25, 0.3) is 0 Å². The maximum absolute atomic E-state index is 13.6. The maximum Gasteiger partial charge on any atom is 0.416 e. The van der Waals surface area contributed by atoms with Gasteiger partial charge in [0.15, 0.2) is 0 Å². The lowest BCUT2D eigenvalue weighted by atomic mass is 9.68. The Bertz CT molecular complexity index is 1450. The van der Waals surface area contributed by atoms with Gasteiger partial charge in [-0.1, -0.05) is 42.7 Å².